The number of benzene rings is 2. The Morgan fingerprint density at radius 1 is 1.17 bits per heavy atom. The van der Waals surface area contributed by atoms with Gasteiger partial charge in [-0.1, -0.05) is 29.8 Å². The first kappa shape index (κ1) is 18.4. The van der Waals surface area contributed by atoms with Crippen LogP contribution in [0.15, 0.2) is 59.0 Å². The molecular formula is C22H17N3O4S. The summed E-state index contributed by atoms with van der Waals surface area (Å²) in [5.41, 5.74) is 4.10. The molecule has 0 unspecified atom stereocenters. The maximum absolute atomic E-state index is 12.9. The molecule has 1 N–H and O–H groups in total. The van der Waals surface area contributed by atoms with Gasteiger partial charge in [-0.3, -0.25) is 14.2 Å². The van der Waals surface area contributed by atoms with Gasteiger partial charge in [-0.25, -0.2) is 4.98 Å². The van der Waals surface area contributed by atoms with Crippen molar-refractivity contribution in [3.8, 4) is 22.6 Å². The number of ether oxygens (including phenoxy) is 2. The number of amides is 1. The maximum atomic E-state index is 12.9. The molecule has 4 aromatic rings. The highest BCUT2D eigenvalue weighted by Gasteiger charge is 2.16. The van der Waals surface area contributed by atoms with Crippen LogP contribution in [0.25, 0.3) is 21.3 Å². The Morgan fingerprint density at radius 3 is 2.80 bits per heavy atom. The number of aryl methyl sites for hydroxylation is 1. The number of carbonyl (C=O) groups excluding carboxylic acids is 1. The fourth-order valence-corrected chi connectivity index (χ4v) is 4.30. The highest BCUT2D eigenvalue weighted by Crippen LogP contribution is 2.34. The molecule has 0 saturated carbocycles. The lowest BCUT2D eigenvalue weighted by Gasteiger charge is -2.08. The molecule has 3 heterocycles. The van der Waals surface area contributed by atoms with E-state index < -0.39 is 0 Å². The number of hydrogen-bond acceptors (Lipinski definition) is 6. The van der Waals surface area contributed by atoms with Gasteiger partial charge in [0.1, 0.15) is 11.2 Å². The van der Waals surface area contributed by atoms with Crippen molar-refractivity contribution in [1.82, 2.24) is 9.55 Å². The highest BCUT2D eigenvalue weighted by molar-refractivity contribution is 7.17. The van der Waals surface area contributed by atoms with E-state index in [0.717, 1.165) is 11.1 Å². The Balaban J connectivity index is 1.38. The molecule has 0 saturated heterocycles. The number of aromatic nitrogens is 2. The second-order valence-electron chi connectivity index (χ2n) is 6.99. The summed E-state index contributed by atoms with van der Waals surface area (Å²) in [5.74, 6) is 0.892. The lowest BCUT2D eigenvalue weighted by Crippen LogP contribution is -2.27. The number of rotatable bonds is 4. The Kier molecular flexibility index (Phi) is 4.48. The zero-order valence-corrected chi connectivity index (χ0v) is 16.9. The molecule has 0 radical (unpaired) electrons. The predicted molar refractivity (Wildman–Crippen MR) is 115 cm³/mol. The van der Waals surface area contributed by atoms with Gasteiger partial charge >= 0.3 is 0 Å². The zero-order chi connectivity index (χ0) is 20.7. The van der Waals surface area contributed by atoms with Crippen LogP contribution < -0.4 is 20.3 Å². The molecule has 2 aromatic heterocycles. The molecule has 150 valence electrons. The highest BCUT2D eigenvalue weighted by atomic mass is 32.1. The van der Waals surface area contributed by atoms with E-state index in [1.54, 1.807) is 18.2 Å². The summed E-state index contributed by atoms with van der Waals surface area (Å²) in [4.78, 5) is 29.8. The Labute approximate surface area is 175 Å². The van der Waals surface area contributed by atoms with Gasteiger partial charge in [-0.05, 0) is 24.6 Å². The third-order valence-corrected chi connectivity index (χ3v) is 5.84. The normalized spacial score (nSPS) is 12.3. The molecule has 30 heavy (non-hydrogen) atoms. The number of nitrogens with one attached hydrogen (secondary N) is 1. The summed E-state index contributed by atoms with van der Waals surface area (Å²) >= 11 is 1.34. The van der Waals surface area contributed by atoms with Gasteiger partial charge in [0.2, 0.25) is 12.7 Å². The molecule has 7 nitrogen and oxygen atoms in total. The molecule has 0 bridgehead atoms. The minimum atomic E-state index is -0.326. The van der Waals surface area contributed by atoms with Crippen molar-refractivity contribution >= 4 is 33.1 Å². The van der Waals surface area contributed by atoms with Crippen molar-refractivity contribution in [1.29, 1.82) is 0 Å². The van der Waals surface area contributed by atoms with Crippen LogP contribution in [0.4, 0.5) is 5.69 Å². The monoisotopic (exact) mass is 419 g/mol. The lowest BCUT2D eigenvalue weighted by atomic mass is 10.1. The zero-order valence-electron chi connectivity index (χ0n) is 16.0. The van der Waals surface area contributed by atoms with Crippen molar-refractivity contribution in [3.63, 3.8) is 0 Å². The smallest absolute Gasteiger partial charge is 0.271 e. The van der Waals surface area contributed by atoms with Crippen LogP contribution in [0.3, 0.4) is 0 Å². The van der Waals surface area contributed by atoms with Gasteiger partial charge in [0.05, 0.1) is 11.8 Å². The fourth-order valence-electron chi connectivity index (χ4n) is 3.32. The first-order valence-electron chi connectivity index (χ1n) is 9.32. The summed E-state index contributed by atoms with van der Waals surface area (Å²) in [6.07, 6.45) is 1.42. The Morgan fingerprint density at radius 2 is 1.97 bits per heavy atom. The second-order valence-corrected chi connectivity index (χ2v) is 7.87. The number of fused-ring (bicyclic) bond motifs is 2. The van der Waals surface area contributed by atoms with E-state index in [4.69, 9.17) is 9.47 Å². The predicted octanol–water partition coefficient (Wildman–Crippen LogP) is 3.80. The summed E-state index contributed by atoms with van der Waals surface area (Å²) in [5, 5.41) is 4.70. The van der Waals surface area contributed by atoms with Crippen LogP contribution in [-0.4, -0.2) is 22.3 Å². The molecule has 0 atom stereocenters. The SMILES string of the molecule is Cc1ccc(-c2csc3c(=O)n(CC(=O)Nc4ccc5c(c4)OCO5)cnc23)cc1. The van der Waals surface area contributed by atoms with Crippen LogP contribution in [0.2, 0.25) is 0 Å². The van der Waals surface area contributed by atoms with Crippen molar-refractivity contribution in [2.45, 2.75) is 13.5 Å². The fraction of sp³-hybridized carbons (Fsp3) is 0.136. The third-order valence-electron chi connectivity index (χ3n) is 4.88. The molecule has 0 aliphatic carbocycles. The first-order chi connectivity index (χ1) is 14.6. The topological polar surface area (TPSA) is 82.5 Å². The van der Waals surface area contributed by atoms with Gasteiger partial charge < -0.3 is 14.8 Å². The molecule has 1 aliphatic rings. The molecular weight excluding hydrogens is 402 g/mol. The minimum absolute atomic E-state index is 0.131. The second kappa shape index (κ2) is 7.31. The average Bonchev–Trinajstić information content (AvgIpc) is 3.37. The van der Waals surface area contributed by atoms with Gasteiger partial charge in [-0.15, -0.1) is 11.3 Å². The van der Waals surface area contributed by atoms with Gasteiger partial charge in [0, 0.05) is 22.7 Å². The molecule has 8 heteroatoms. The van der Waals surface area contributed by atoms with Gasteiger partial charge in [-0.2, -0.15) is 0 Å². The minimum Gasteiger partial charge on any atom is -0.454 e. The first-order valence-corrected chi connectivity index (χ1v) is 10.2. The van der Waals surface area contributed by atoms with E-state index in [1.165, 1.54) is 27.8 Å². The third kappa shape index (κ3) is 3.31. The lowest BCUT2D eigenvalue weighted by molar-refractivity contribution is -0.116. The van der Waals surface area contributed by atoms with E-state index in [1.807, 2.05) is 36.6 Å². The molecule has 5 rings (SSSR count). The summed E-state index contributed by atoms with van der Waals surface area (Å²) in [6, 6.07) is 13.2. The van der Waals surface area contributed by atoms with E-state index in [0.29, 0.717) is 27.4 Å². The number of carbonyl (C=O) groups is 1. The van der Waals surface area contributed by atoms with Crippen LogP contribution in [0, 0.1) is 6.92 Å². The van der Waals surface area contributed by atoms with E-state index in [2.05, 4.69) is 10.3 Å². The Hall–Kier alpha value is -3.65. The van der Waals surface area contributed by atoms with Crippen LogP contribution in [-0.2, 0) is 11.3 Å². The number of hydrogen-bond donors (Lipinski definition) is 1. The molecule has 2 aromatic carbocycles. The van der Waals surface area contributed by atoms with Crippen molar-refractivity contribution in [2.75, 3.05) is 12.1 Å². The van der Waals surface area contributed by atoms with E-state index >= 15 is 0 Å². The number of thiophene rings is 1. The molecule has 1 aliphatic heterocycles. The Bertz CT molecular complexity index is 1320. The van der Waals surface area contributed by atoms with Crippen molar-refractivity contribution in [3.05, 3.63) is 70.1 Å². The van der Waals surface area contributed by atoms with Crippen LogP contribution in [0.1, 0.15) is 5.56 Å². The van der Waals surface area contributed by atoms with Crippen LogP contribution >= 0.6 is 11.3 Å². The van der Waals surface area contributed by atoms with E-state index in [-0.39, 0.29) is 24.8 Å². The summed E-state index contributed by atoms with van der Waals surface area (Å²) in [6.45, 7) is 2.06. The molecule has 1 amide bonds. The molecule has 0 spiro atoms. The standard InChI is InChI=1S/C22H17N3O4S/c1-13-2-4-14(5-3-13)16-10-30-21-20(16)23-11-25(22(21)27)9-19(26)24-15-6-7-17-18(8-15)29-12-28-17/h2-8,10-11H,9,12H2,1H3,(H,24,26). The average molecular weight is 419 g/mol. The number of nitrogens with zero attached hydrogens (tertiary/aromatic N) is 2. The van der Waals surface area contributed by atoms with Crippen molar-refractivity contribution in [2.24, 2.45) is 0 Å². The maximum Gasteiger partial charge on any atom is 0.271 e. The summed E-state index contributed by atoms with van der Waals surface area (Å²) < 4.78 is 12.4. The quantitative estimate of drug-likeness (QED) is 0.544. The summed E-state index contributed by atoms with van der Waals surface area (Å²) in [7, 11) is 0. The van der Waals surface area contributed by atoms with E-state index in [9.17, 15) is 9.59 Å². The number of anilines is 1. The van der Waals surface area contributed by atoms with Crippen molar-refractivity contribution < 1.29 is 14.3 Å². The molecule has 0 fully saturated rings. The largest absolute Gasteiger partial charge is 0.454 e. The van der Waals surface area contributed by atoms with Gasteiger partial charge in [0.15, 0.2) is 11.5 Å². The van der Waals surface area contributed by atoms with Gasteiger partial charge in [0.25, 0.3) is 5.56 Å². The van der Waals surface area contributed by atoms with Crippen LogP contribution in [0.5, 0.6) is 11.5 Å².